The molecule has 6 N–H and O–H groups in total. The van der Waals surface area contributed by atoms with Gasteiger partial charge in [0.05, 0.1) is 11.9 Å². The minimum atomic E-state index is -1.09. The first-order valence-electron chi connectivity index (χ1n) is 10.2. The number of carbonyl (C=O) groups excluding carboxylic acids is 4. The predicted molar refractivity (Wildman–Crippen MR) is 119 cm³/mol. The van der Waals surface area contributed by atoms with Gasteiger partial charge in [-0.05, 0) is 42.8 Å². The van der Waals surface area contributed by atoms with Gasteiger partial charge >= 0.3 is 0 Å². The second-order valence-electron chi connectivity index (χ2n) is 7.14. The topological polar surface area (TPSA) is 165 Å². The van der Waals surface area contributed by atoms with Crippen LogP contribution in [-0.4, -0.2) is 45.6 Å². The Morgan fingerprint density at radius 2 is 1.60 bits per heavy atom. The van der Waals surface area contributed by atoms with Gasteiger partial charge in [0.2, 0.25) is 5.91 Å². The van der Waals surface area contributed by atoms with Gasteiger partial charge in [-0.25, -0.2) is 14.3 Å². The fraction of sp³-hybridized carbons (Fsp3) is 0.136. The van der Waals surface area contributed by atoms with E-state index in [-0.39, 0.29) is 24.3 Å². The SMILES string of the molecule is O=C(CCCNC(=O)c1ccc(NC(=O)c2[nH]ncc2NC(=O)c2c(F)cccc2F)cc1)NO. The van der Waals surface area contributed by atoms with Gasteiger partial charge in [-0.3, -0.25) is 29.5 Å². The number of hydrogen-bond acceptors (Lipinski definition) is 6. The molecular weight excluding hydrogens is 466 g/mol. The number of aromatic nitrogens is 2. The number of rotatable bonds is 9. The molecule has 0 fully saturated rings. The zero-order valence-electron chi connectivity index (χ0n) is 18.0. The molecule has 3 aromatic rings. The Labute approximate surface area is 196 Å². The van der Waals surface area contributed by atoms with Gasteiger partial charge in [0.15, 0.2) is 0 Å². The molecule has 182 valence electrons. The summed E-state index contributed by atoms with van der Waals surface area (Å²) < 4.78 is 27.7. The van der Waals surface area contributed by atoms with Gasteiger partial charge in [-0.1, -0.05) is 6.07 Å². The van der Waals surface area contributed by atoms with Crippen molar-refractivity contribution < 1.29 is 33.2 Å². The minimum absolute atomic E-state index is 0.0486. The van der Waals surface area contributed by atoms with Gasteiger partial charge in [0.25, 0.3) is 17.7 Å². The van der Waals surface area contributed by atoms with Gasteiger partial charge in [0, 0.05) is 24.2 Å². The van der Waals surface area contributed by atoms with E-state index in [2.05, 4.69) is 26.1 Å². The molecule has 0 saturated carbocycles. The minimum Gasteiger partial charge on any atom is -0.352 e. The van der Waals surface area contributed by atoms with Crippen molar-refractivity contribution in [2.45, 2.75) is 12.8 Å². The largest absolute Gasteiger partial charge is 0.352 e. The summed E-state index contributed by atoms with van der Waals surface area (Å²) in [5, 5.41) is 21.9. The van der Waals surface area contributed by atoms with E-state index >= 15 is 0 Å². The summed E-state index contributed by atoms with van der Waals surface area (Å²) >= 11 is 0. The van der Waals surface area contributed by atoms with Crippen molar-refractivity contribution in [3.8, 4) is 0 Å². The van der Waals surface area contributed by atoms with E-state index in [0.717, 1.165) is 24.4 Å². The number of anilines is 2. The Morgan fingerprint density at radius 3 is 2.26 bits per heavy atom. The molecule has 1 aromatic heterocycles. The number of carbonyl (C=O) groups is 4. The second-order valence-corrected chi connectivity index (χ2v) is 7.14. The Morgan fingerprint density at radius 1 is 0.914 bits per heavy atom. The van der Waals surface area contributed by atoms with Crippen molar-refractivity contribution in [3.63, 3.8) is 0 Å². The lowest BCUT2D eigenvalue weighted by Crippen LogP contribution is -2.26. The molecule has 0 aliphatic heterocycles. The number of aromatic amines is 1. The Bertz CT molecular complexity index is 1230. The van der Waals surface area contributed by atoms with Gasteiger partial charge in [-0.2, -0.15) is 5.10 Å². The van der Waals surface area contributed by atoms with Gasteiger partial charge in [-0.15, -0.1) is 0 Å². The Kier molecular flexibility index (Phi) is 8.19. The normalized spacial score (nSPS) is 10.4. The molecule has 2 aromatic carbocycles. The Hall–Kier alpha value is -4.65. The number of hydrogen-bond donors (Lipinski definition) is 6. The molecule has 0 radical (unpaired) electrons. The number of halogens is 2. The molecule has 4 amide bonds. The highest BCUT2D eigenvalue weighted by atomic mass is 19.1. The van der Waals surface area contributed by atoms with Crippen LogP contribution in [-0.2, 0) is 4.79 Å². The smallest absolute Gasteiger partial charge is 0.275 e. The lowest BCUT2D eigenvalue weighted by molar-refractivity contribution is -0.129. The van der Waals surface area contributed by atoms with E-state index in [0.29, 0.717) is 17.7 Å². The average Bonchev–Trinajstić information content (AvgIpc) is 3.30. The highest BCUT2D eigenvalue weighted by molar-refractivity contribution is 6.11. The molecule has 13 heteroatoms. The van der Waals surface area contributed by atoms with Crippen LogP contribution in [0.15, 0.2) is 48.7 Å². The van der Waals surface area contributed by atoms with Crippen LogP contribution < -0.4 is 21.4 Å². The van der Waals surface area contributed by atoms with Crippen molar-refractivity contribution in [1.82, 2.24) is 21.0 Å². The van der Waals surface area contributed by atoms with Crippen molar-refractivity contribution in [2.75, 3.05) is 17.2 Å². The number of nitrogens with one attached hydrogen (secondary N) is 5. The molecule has 0 saturated heterocycles. The molecule has 0 spiro atoms. The fourth-order valence-corrected chi connectivity index (χ4v) is 2.96. The third-order valence-electron chi connectivity index (χ3n) is 4.70. The van der Waals surface area contributed by atoms with Crippen LogP contribution in [0.25, 0.3) is 0 Å². The van der Waals surface area contributed by atoms with E-state index in [4.69, 9.17) is 5.21 Å². The van der Waals surface area contributed by atoms with Crippen LogP contribution in [0, 0.1) is 11.6 Å². The monoisotopic (exact) mass is 486 g/mol. The highest BCUT2D eigenvalue weighted by Crippen LogP contribution is 2.19. The van der Waals surface area contributed by atoms with Gasteiger partial charge < -0.3 is 16.0 Å². The summed E-state index contributed by atoms with van der Waals surface area (Å²) in [5.74, 6) is -4.87. The molecule has 0 aliphatic rings. The van der Waals surface area contributed by atoms with E-state index in [1.807, 2.05) is 0 Å². The van der Waals surface area contributed by atoms with E-state index in [1.54, 1.807) is 0 Å². The standard InChI is InChI=1S/C22H20F2N6O5/c23-14-3-1-4-15(24)18(14)21(33)28-16-11-26-29-19(16)22(34)27-13-8-6-12(7-9-13)20(32)25-10-2-5-17(31)30-35/h1,3-4,6-9,11,35H,2,5,10H2,(H,25,32)(H,26,29)(H,27,34)(H,28,33)(H,30,31). The first-order valence-corrected chi connectivity index (χ1v) is 10.2. The summed E-state index contributed by atoms with van der Waals surface area (Å²) in [5.41, 5.74) is 1.06. The molecule has 0 bridgehead atoms. The molecule has 35 heavy (non-hydrogen) atoms. The van der Waals surface area contributed by atoms with Crippen LogP contribution in [0.5, 0.6) is 0 Å². The first kappa shape index (κ1) is 25.0. The van der Waals surface area contributed by atoms with Crippen molar-refractivity contribution in [2.24, 2.45) is 0 Å². The van der Waals surface area contributed by atoms with Gasteiger partial charge in [0.1, 0.15) is 22.9 Å². The maximum Gasteiger partial charge on any atom is 0.275 e. The fourth-order valence-electron chi connectivity index (χ4n) is 2.96. The predicted octanol–water partition coefficient (Wildman–Crippen LogP) is 2.21. The van der Waals surface area contributed by atoms with Crippen LogP contribution in [0.1, 0.15) is 44.0 Å². The maximum absolute atomic E-state index is 13.8. The molecule has 0 unspecified atom stereocenters. The van der Waals surface area contributed by atoms with Crippen LogP contribution >= 0.6 is 0 Å². The van der Waals surface area contributed by atoms with Crippen LogP contribution in [0.4, 0.5) is 20.2 Å². The Balaban J connectivity index is 1.59. The van der Waals surface area contributed by atoms with Crippen molar-refractivity contribution in [3.05, 3.63) is 77.1 Å². The van der Waals surface area contributed by atoms with E-state index in [1.165, 1.54) is 29.7 Å². The van der Waals surface area contributed by atoms with Crippen molar-refractivity contribution >= 4 is 35.0 Å². The summed E-state index contributed by atoms with van der Waals surface area (Å²) in [6.45, 7) is 0.218. The highest BCUT2D eigenvalue weighted by Gasteiger charge is 2.21. The third-order valence-corrected chi connectivity index (χ3v) is 4.70. The summed E-state index contributed by atoms with van der Waals surface area (Å²) in [6.07, 6.45) is 1.50. The molecule has 1 heterocycles. The molecule has 0 aliphatic carbocycles. The maximum atomic E-state index is 13.8. The van der Waals surface area contributed by atoms with Crippen LogP contribution in [0.3, 0.4) is 0 Å². The third kappa shape index (κ3) is 6.45. The molecule has 3 rings (SSSR count). The van der Waals surface area contributed by atoms with Crippen molar-refractivity contribution in [1.29, 1.82) is 0 Å². The number of H-pyrrole nitrogens is 1. The quantitative estimate of drug-likeness (QED) is 0.154. The molecule has 0 atom stereocenters. The lowest BCUT2D eigenvalue weighted by atomic mass is 10.1. The second kappa shape index (κ2) is 11.5. The summed E-state index contributed by atoms with van der Waals surface area (Å²) in [4.78, 5) is 48.0. The van der Waals surface area contributed by atoms with E-state index < -0.39 is 40.8 Å². The number of benzene rings is 2. The summed E-state index contributed by atoms with van der Waals surface area (Å²) in [7, 11) is 0. The summed E-state index contributed by atoms with van der Waals surface area (Å²) in [6, 6.07) is 8.84. The molecular formula is C22H20F2N6O5. The zero-order valence-corrected chi connectivity index (χ0v) is 18.0. The number of amides is 4. The first-order chi connectivity index (χ1) is 16.8. The number of hydroxylamine groups is 1. The lowest BCUT2D eigenvalue weighted by Gasteiger charge is -2.09. The molecule has 11 nitrogen and oxygen atoms in total. The number of nitrogens with zero attached hydrogens (tertiary/aromatic N) is 1. The zero-order chi connectivity index (χ0) is 25.4. The van der Waals surface area contributed by atoms with E-state index in [9.17, 15) is 28.0 Å². The van der Waals surface area contributed by atoms with Crippen LogP contribution in [0.2, 0.25) is 0 Å². The average molecular weight is 486 g/mol.